The molecule has 0 aliphatic rings. The molecule has 0 aliphatic carbocycles. The number of quaternary nitrogens is 1. The summed E-state index contributed by atoms with van der Waals surface area (Å²) in [5.74, 6) is 0. The van der Waals surface area contributed by atoms with E-state index in [1.165, 1.54) is 6.54 Å². The zero-order valence-corrected chi connectivity index (χ0v) is 7.98. The summed E-state index contributed by atoms with van der Waals surface area (Å²) in [6, 6.07) is 0. The van der Waals surface area contributed by atoms with E-state index in [2.05, 4.69) is 28.1 Å². The lowest BCUT2D eigenvalue weighted by molar-refractivity contribution is -0.868. The number of halogens is 1. The smallest absolute Gasteiger partial charge is 0.255 e. The van der Waals surface area contributed by atoms with Gasteiger partial charge in [-0.15, -0.1) is 3.89 Å². The highest BCUT2D eigenvalue weighted by Gasteiger charge is 1.97. The Labute approximate surface area is 67.3 Å². The van der Waals surface area contributed by atoms with Gasteiger partial charge >= 0.3 is 0 Å². The summed E-state index contributed by atoms with van der Waals surface area (Å²) in [5.41, 5.74) is 0. The summed E-state index contributed by atoms with van der Waals surface area (Å²) in [4.78, 5) is 0. The van der Waals surface area contributed by atoms with Crippen molar-refractivity contribution in [1.82, 2.24) is 0 Å². The Morgan fingerprint density at radius 1 is 1.36 bits per heavy atom. The molecule has 0 radical (unpaired) electrons. The lowest BCUT2D eigenvalue weighted by Crippen LogP contribution is -2.33. The molecule has 0 atom stereocenters. The first-order valence-corrected chi connectivity index (χ1v) is 4.33. The largest absolute Gasteiger partial charge is 0.722 e. The van der Waals surface area contributed by atoms with E-state index < -0.39 is 10.5 Å². The van der Waals surface area contributed by atoms with Gasteiger partial charge in [0.1, 0.15) is 0 Å². The second-order valence-electron chi connectivity index (χ2n) is 3.00. The first kappa shape index (κ1) is 13.4. The quantitative estimate of drug-likeness (QED) is 0.333. The second kappa shape index (κ2) is 4.63. The topological polar surface area (TPSA) is 57.2 Å². The van der Waals surface area contributed by atoms with Crippen LogP contribution < -0.4 is 0 Å². The molecule has 0 heterocycles. The molecule has 0 aliphatic heterocycles. The molecule has 6 heteroatoms. The number of nitrogens with zero attached hydrogens (tertiary/aromatic N) is 1. The molecule has 0 spiro atoms. The maximum Gasteiger partial charge on any atom is 0.255 e. The predicted molar refractivity (Wildman–Crippen MR) is 39.4 cm³/mol. The highest BCUT2D eigenvalue weighted by Crippen LogP contribution is 1.83. The van der Waals surface area contributed by atoms with Crippen molar-refractivity contribution < 1.29 is 21.3 Å². The van der Waals surface area contributed by atoms with Gasteiger partial charge in [0.05, 0.1) is 27.7 Å². The van der Waals surface area contributed by atoms with Gasteiger partial charge in [0.25, 0.3) is 10.5 Å². The van der Waals surface area contributed by atoms with Crippen LogP contribution in [0.15, 0.2) is 0 Å². The Bertz CT molecular complexity index is 174. The van der Waals surface area contributed by atoms with Crippen LogP contribution in [-0.4, -0.2) is 45.1 Å². The standard InChI is InChI=1S/C5H14N.FHO3S/c1-5-6(2,3)4;1-5(2,3)4/h5H2,1-4H3;(H,2,3,4)/q+1;/p-1. The molecule has 0 unspecified atom stereocenters. The lowest BCUT2D eigenvalue weighted by atomic mass is 10.6. The summed E-state index contributed by atoms with van der Waals surface area (Å²) in [6.45, 7) is 3.39. The minimum atomic E-state index is -5.42. The fourth-order valence-electron chi connectivity index (χ4n) is 0. The maximum atomic E-state index is 10.1. The molecule has 0 saturated carbocycles. The molecule has 0 aromatic rings. The van der Waals surface area contributed by atoms with Crippen molar-refractivity contribution in [3.8, 4) is 0 Å². The van der Waals surface area contributed by atoms with Gasteiger partial charge in [0, 0.05) is 0 Å². The summed E-state index contributed by atoms with van der Waals surface area (Å²) in [6.07, 6.45) is 0. The van der Waals surface area contributed by atoms with E-state index in [4.69, 9.17) is 13.0 Å². The molecule has 0 aromatic heterocycles. The van der Waals surface area contributed by atoms with Crippen molar-refractivity contribution in [1.29, 1.82) is 0 Å². The molecular weight excluding hydrogens is 173 g/mol. The normalized spacial score (nSPS) is 11.8. The van der Waals surface area contributed by atoms with Crippen molar-refractivity contribution in [2.24, 2.45) is 0 Å². The second-order valence-corrected chi connectivity index (χ2v) is 3.79. The van der Waals surface area contributed by atoms with Gasteiger partial charge in [-0.1, -0.05) is 0 Å². The highest BCUT2D eigenvalue weighted by molar-refractivity contribution is 7.80. The molecule has 0 fully saturated rings. The van der Waals surface area contributed by atoms with Crippen molar-refractivity contribution in [2.45, 2.75) is 6.92 Å². The molecule has 0 aromatic carbocycles. The maximum absolute atomic E-state index is 10.1. The van der Waals surface area contributed by atoms with Crippen molar-refractivity contribution in [3.05, 3.63) is 0 Å². The van der Waals surface area contributed by atoms with E-state index in [0.717, 1.165) is 4.48 Å². The van der Waals surface area contributed by atoms with Crippen LogP contribution in [0.2, 0.25) is 0 Å². The molecule has 0 N–H and O–H groups in total. The average molecular weight is 187 g/mol. The molecule has 4 nitrogen and oxygen atoms in total. The van der Waals surface area contributed by atoms with Crippen LogP contribution in [0.5, 0.6) is 0 Å². The van der Waals surface area contributed by atoms with Gasteiger partial charge in [-0.2, -0.15) is 0 Å². The molecule has 0 bridgehead atoms. The highest BCUT2D eigenvalue weighted by atomic mass is 32.3. The monoisotopic (exact) mass is 187 g/mol. The van der Waals surface area contributed by atoms with Crippen molar-refractivity contribution in [2.75, 3.05) is 27.7 Å². The van der Waals surface area contributed by atoms with Crippen LogP contribution in [0.1, 0.15) is 6.92 Å². The van der Waals surface area contributed by atoms with Crippen LogP contribution in [0.25, 0.3) is 0 Å². The Morgan fingerprint density at radius 3 is 1.45 bits per heavy atom. The minimum absolute atomic E-state index is 1.07. The molecule has 0 rings (SSSR count). The Kier molecular flexibility index (Phi) is 5.64. The van der Waals surface area contributed by atoms with E-state index in [1.807, 2.05) is 0 Å². The first-order chi connectivity index (χ1) is 4.56. The molecule has 11 heavy (non-hydrogen) atoms. The summed E-state index contributed by atoms with van der Waals surface area (Å²) < 4.78 is 36.4. The zero-order valence-electron chi connectivity index (χ0n) is 7.17. The van der Waals surface area contributed by atoms with Gasteiger partial charge in [-0.25, -0.2) is 8.42 Å². The number of hydrogen-bond acceptors (Lipinski definition) is 3. The van der Waals surface area contributed by atoms with E-state index in [1.54, 1.807) is 0 Å². The summed E-state index contributed by atoms with van der Waals surface area (Å²) in [5, 5.41) is 0. The van der Waals surface area contributed by atoms with Gasteiger partial charge in [0.2, 0.25) is 0 Å². The van der Waals surface area contributed by atoms with Crippen molar-refractivity contribution in [3.63, 3.8) is 0 Å². The summed E-state index contributed by atoms with van der Waals surface area (Å²) >= 11 is 0. The van der Waals surface area contributed by atoms with Crippen LogP contribution in [0.4, 0.5) is 3.89 Å². The van der Waals surface area contributed by atoms with E-state index in [0.29, 0.717) is 0 Å². The molecular formula is C5H14FNO3S. The van der Waals surface area contributed by atoms with Crippen LogP contribution in [0.3, 0.4) is 0 Å². The lowest BCUT2D eigenvalue weighted by Gasteiger charge is -2.20. The van der Waals surface area contributed by atoms with Gasteiger partial charge in [-0.3, -0.25) is 0 Å². The Morgan fingerprint density at radius 2 is 1.45 bits per heavy atom. The van der Waals surface area contributed by atoms with E-state index in [9.17, 15) is 3.89 Å². The fraction of sp³-hybridized carbons (Fsp3) is 1.00. The summed E-state index contributed by atoms with van der Waals surface area (Å²) in [7, 11) is 1.12. The molecule has 0 amide bonds. The minimum Gasteiger partial charge on any atom is -0.722 e. The molecule has 0 saturated heterocycles. The van der Waals surface area contributed by atoms with Gasteiger partial charge < -0.3 is 9.04 Å². The SMILES string of the molecule is CC[N+](C)(C)C.O=S(=O)([O-])F. The van der Waals surface area contributed by atoms with Gasteiger partial charge in [-0.05, 0) is 6.92 Å². The predicted octanol–water partition coefficient (Wildman–Crippen LogP) is 0.129. The van der Waals surface area contributed by atoms with Crippen LogP contribution in [-0.2, 0) is 10.5 Å². The Balaban J connectivity index is 0. The van der Waals surface area contributed by atoms with Crippen LogP contribution in [0, 0.1) is 0 Å². The third kappa shape index (κ3) is 76.1. The van der Waals surface area contributed by atoms with E-state index >= 15 is 0 Å². The van der Waals surface area contributed by atoms with Crippen LogP contribution >= 0.6 is 0 Å². The Hall–Kier alpha value is -0.200. The molecule has 70 valence electrons. The fourth-order valence-corrected chi connectivity index (χ4v) is 0. The zero-order chi connectivity index (χ0) is 9.71. The third-order valence-corrected chi connectivity index (χ3v) is 0.949. The van der Waals surface area contributed by atoms with Gasteiger partial charge in [0.15, 0.2) is 0 Å². The number of hydrogen-bond donors (Lipinski definition) is 0. The first-order valence-electron chi connectivity index (χ1n) is 3.02. The van der Waals surface area contributed by atoms with E-state index in [-0.39, 0.29) is 0 Å². The van der Waals surface area contributed by atoms with Crippen molar-refractivity contribution >= 4 is 10.5 Å². The third-order valence-electron chi connectivity index (χ3n) is 0.949. The number of rotatable bonds is 1. The average Bonchev–Trinajstić information content (AvgIpc) is 1.59.